The van der Waals surface area contributed by atoms with Crippen molar-refractivity contribution in [2.45, 2.75) is 6.42 Å². The number of carbonyl (C=O) groups is 1. The lowest BCUT2D eigenvalue weighted by Crippen LogP contribution is -2.25. The molecule has 0 saturated carbocycles. The summed E-state index contributed by atoms with van der Waals surface area (Å²) in [5, 5.41) is 0.321. The zero-order valence-corrected chi connectivity index (χ0v) is 10.0. The van der Waals surface area contributed by atoms with Gasteiger partial charge < -0.3 is 10.6 Å². The molecule has 1 fully saturated rings. The van der Waals surface area contributed by atoms with E-state index in [2.05, 4.69) is 4.98 Å². The zero-order chi connectivity index (χ0) is 11.7. The molecule has 0 bridgehead atoms. The number of aromatic nitrogens is 1. The lowest BCUT2D eigenvalue weighted by atomic mass is 10.1. The Balaban J connectivity index is 2.28. The maximum atomic E-state index is 11.7. The number of carbonyl (C=O) groups excluding carboxylic acids is 1. The molecule has 1 aliphatic rings. The van der Waals surface area contributed by atoms with E-state index in [0.29, 0.717) is 29.7 Å². The second-order valence-corrected chi connectivity index (χ2v) is 4.46. The molecule has 86 valence electrons. The number of hydrogen-bond donors (Lipinski definition) is 1. The Morgan fingerprint density at radius 1 is 1.56 bits per heavy atom. The van der Waals surface area contributed by atoms with Gasteiger partial charge in [-0.05, 0) is 18.1 Å². The summed E-state index contributed by atoms with van der Waals surface area (Å²) in [4.78, 5) is 17.3. The van der Waals surface area contributed by atoms with Gasteiger partial charge in [0.1, 0.15) is 11.0 Å². The first-order valence-corrected chi connectivity index (χ1v) is 5.81. The van der Waals surface area contributed by atoms with E-state index in [1.807, 2.05) is 0 Å². The summed E-state index contributed by atoms with van der Waals surface area (Å²) < 4.78 is 0. The van der Waals surface area contributed by atoms with Crippen LogP contribution in [0.2, 0.25) is 5.15 Å². The smallest absolute Gasteiger partial charge is 0.227 e. The SMILES string of the molecule is Nc1nc(Cl)ccc1N1CC(CCl)CC1=O. The molecule has 1 aromatic rings. The molecule has 2 heterocycles. The quantitative estimate of drug-likeness (QED) is 0.652. The molecule has 1 atom stereocenters. The topological polar surface area (TPSA) is 59.2 Å². The molecule has 6 heteroatoms. The lowest BCUT2D eigenvalue weighted by molar-refractivity contribution is -0.117. The highest BCUT2D eigenvalue weighted by Crippen LogP contribution is 2.29. The minimum atomic E-state index is 0.0291. The van der Waals surface area contributed by atoms with Crippen molar-refractivity contribution in [1.82, 2.24) is 4.98 Å². The molecule has 1 aromatic heterocycles. The van der Waals surface area contributed by atoms with E-state index in [1.54, 1.807) is 17.0 Å². The summed E-state index contributed by atoms with van der Waals surface area (Å²) in [6, 6.07) is 3.33. The van der Waals surface area contributed by atoms with Crippen LogP contribution in [-0.4, -0.2) is 23.3 Å². The third-order valence-electron chi connectivity index (χ3n) is 2.58. The van der Waals surface area contributed by atoms with E-state index in [1.165, 1.54) is 0 Å². The van der Waals surface area contributed by atoms with Crippen molar-refractivity contribution in [3.63, 3.8) is 0 Å². The van der Waals surface area contributed by atoms with Gasteiger partial charge >= 0.3 is 0 Å². The molecule has 1 aliphatic heterocycles. The molecule has 0 spiro atoms. The number of nitrogens with two attached hydrogens (primary N) is 1. The van der Waals surface area contributed by atoms with Crippen LogP contribution >= 0.6 is 23.2 Å². The Hall–Kier alpha value is -1.00. The number of alkyl halides is 1. The average molecular weight is 260 g/mol. The largest absolute Gasteiger partial charge is 0.382 e. The number of rotatable bonds is 2. The minimum absolute atomic E-state index is 0.0291. The van der Waals surface area contributed by atoms with Crippen molar-refractivity contribution in [2.24, 2.45) is 5.92 Å². The fourth-order valence-corrected chi connectivity index (χ4v) is 2.15. The number of pyridine rings is 1. The van der Waals surface area contributed by atoms with Crippen LogP contribution in [0.1, 0.15) is 6.42 Å². The van der Waals surface area contributed by atoms with Crippen molar-refractivity contribution in [3.05, 3.63) is 17.3 Å². The molecule has 2 N–H and O–H groups in total. The number of halogens is 2. The molecule has 1 unspecified atom stereocenters. The van der Waals surface area contributed by atoms with Gasteiger partial charge in [0.25, 0.3) is 0 Å². The second kappa shape index (κ2) is 4.47. The average Bonchev–Trinajstić information content (AvgIpc) is 2.60. The van der Waals surface area contributed by atoms with Crippen molar-refractivity contribution >= 4 is 40.6 Å². The van der Waals surface area contributed by atoms with Crippen LogP contribution in [-0.2, 0) is 4.79 Å². The van der Waals surface area contributed by atoms with Crippen LogP contribution in [0, 0.1) is 5.92 Å². The van der Waals surface area contributed by atoms with Crippen molar-refractivity contribution < 1.29 is 4.79 Å². The van der Waals surface area contributed by atoms with Gasteiger partial charge in [-0.3, -0.25) is 4.79 Å². The normalized spacial score (nSPS) is 20.5. The van der Waals surface area contributed by atoms with E-state index in [9.17, 15) is 4.79 Å². The number of nitrogens with zero attached hydrogens (tertiary/aromatic N) is 2. The highest BCUT2D eigenvalue weighted by atomic mass is 35.5. The minimum Gasteiger partial charge on any atom is -0.382 e. The second-order valence-electron chi connectivity index (χ2n) is 3.77. The first kappa shape index (κ1) is 11.5. The monoisotopic (exact) mass is 259 g/mol. The van der Waals surface area contributed by atoms with Crippen LogP contribution < -0.4 is 10.6 Å². The van der Waals surface area contributed by atoms with Crippen LogP contribution in [0.5, 0.6) is 0 Å². The fraction of sp³-hybridized carbons (Fsp3) is 0.400. The molecule has 0 aliphatic carbocycles. The van der Waals surface area contributed by atoms with Gasteiger partial charge in [-0.25, -0.2) is 4.98 Å². The van der Waals surface area contributed by atoms with E-state index >= 15 is 0 Å². The van der Waals surface area contributed by atoms with Crippen LogP contribution in [0.4, 0.5) is 11.5 Å². The Labute approximate surface area is 103 Å². The zero-order valence-electron chi connectivity index (χ0n) is 8.49. The summed E-state index contributed by atoms with van der Waals surface area (Å²) in [5.41, 5.74) is 6.34. The number of hydrogen-bond acceptors (Lipinski definition) is 3. The van der Waals surface area contributed by atoms with Crippen LogP contribution in [0.15, 0.2) is 12.1 Å². The van der Waals surface area contributed by atoms with Gasteiger partial charge in [-0.2, -0.15) is 0 Å². The van der Waals surface area contributed by atoms with Crippen LogP contribution in [0.3, 0.4) is 0 Å². The van der Waals surface area contributed by atoms with Crippen LogP contribution in [0.25, 0.3) is 0 Å². The molecule has 2 rings (SSSR count). The summed E-state index contributed by atoms with van der Waals surface area (Å²) >= 11 is 11.4. The first-order valence-electron chi connectivity index (χ1n) is 4.90. The van der Waals surface area contributed by atoms with Crippen molar-refractivity contribution in [2.75, 3.05) is 23.1 Å². The molecule has 16 heavy (non-hydrogen) atoms. The lowest BCUT2D eigenvalue weighted by Gasteiger charge is -2.17. The Morgan fingerprint density at radius 2 is 2.31 bits per heavy atom. The third-order valence-corrected chi connectivity index (χ3v) is 3.23. The molecule has 0 aromatic carbocycles. The molecular weight excluding hydrogens is 249 g/mol. The summed E-state index contributed by atoms with van der Waals surface area (Å²) in [5.74, 6) is 0.963. The summed E-state index contributed by atoms with van der Waals surface area (Å²) in [6.45, 7) is 0.593. The molecule has 4 nitrogen and oxygen atoms in total. The van der Waals surface area contributed by atoms with Gasteiger partial charge in [0, 0.05) is 18.8 Å². The van der Waals surface area contributed by atoms with E-state index in [-0.39, 0.29) is 17.6 Å². The predicted octanol–water partition coefficient (Wildman–Crippen LogP) is 1.91. The molecular formula is C10H11Cl2N3O. The van der Waals surface area contributed by atoms with Crippen molar-refractivity contribution in [3.8, 4) is 0 Å². The Morgan fingerprint density at radius 3 is 2.88 bits per heavy atom. The highest BCUT2D eigenvalue weighted by Gasteiger charge is 2.31. The maximum Gasteiger partial charge on any atom is 0.227 e. The van der Waals surface area contributed by atoms with Gasteiger partial charge in [0.2, 0.25) is 5.91 Å². The Bertz CT molecular complexity index is 425. The molecule has 1 saturated heterocycles. The van der Waals surface area contributed by atoms with Gasteiger partial charge in [-0.15, -0.1) is 11.6 Å². The predicted molar refractivity (Wildman–Crippen MR) is 64.8 cm³/mol. The van der Waals surface area contributed by atoms with Crippen molar-refractivity contribution in [1.29, 1.82) is 0 Å². The number of anilines is 2. The maximum absolute atomic E-state index is 11.7. The highest BCUT2D eigenvalue weighted by molar-refractivity contribution is 6.29. The number of nitrogen functional groups attached to an aromatic ring is 1. The van der Waals surface area contributed by atoms with Gasteiger partial charge in [0.15, 0.2) is 0 Å². The fourth-order valence-electron chi connectivity index (χ4n) is 1.79. The standard InChI is InChI=1S/C10H11Cl2N3O/c11-4-6-3-9(16)15(5-6)7-1-2-8(12)14-10(7)13/h1-2,6H,3-5H2,(H2,13,14). The van der Waals surface area contributed by atoms with E-state index in [4.69, 9.17) is 28.9 Å². The third kappa shape index (κ3) is 2.08. The van der Waals surface area contributed by atoms with E-state index < -0.39 is 0 Å². The molecule has 0 radical (unpaired) electrons. The van der Waals surface area contributed by atoms with Gasteiger partial charge in [-0.1, -0.05) is 11.6 Å². The Kier molecular flexibility index (Phi) is 3.21. The summed E-state index contributed by atoms with van der Waals surface area (Å²) in [7, 11) is 0. The molecule has 1 amide bonds. The van der Waals surface area contributed by atoms with E-state index in [0.717, 1.165) is 0 Å². The van der Waals surface area contributed by atoms with Gasteiger partial charge in [0.05, 0.1) is 5.69 Å². The number of amides is 1. The summed E-state index contributed by atoms with van der Waals surface area (Å²) in [6.07, 6.45) is 0.464. The first-order chi connectivity index (χ1) is 7.61.